The van der Waals surface area contributed by atoms with Crippen LogP contribution in [-0.2, 0) is 0 Å². The molecule has 1 unspecified atom stereocenters. The van der Waals surface area contributed by atoms with Crippen LogP contribution in [0.4, 0.5) is 0 Å². The van der Waals surface area contributed by atoms with Crippen LogP contribution in [-0.4, -0.2) is 11.7 Å². The maximum atomic E-state index is 10.6. The Morgan fingerprint density at radius 2 is 1.62 bits per heavy atom. The molecule has 4 heteroatoms. The van der Waals surface area contributed by atoms with Gasteiger partial charge in [-0.25, -0.2) is 0 Å². The zero-order valence-corrected chi connectivity index (χ0v) is 13.8. The summed E-state index contributed by atoms with van der Waals surface area (Å²) in [6, 6.07) is 9.26. The molecule has 112 valence electrons. The molecule has 0 aliphatic rings. The molecule has 2 rings (SSSR count). The monoisotopic (exact) mass is 324 g/mol. The molecule has 0 aromatic heterocycles. The Hall–Kier alpha value is -1.22. The minimum Gasteiger partial charge on any atom is -0.492 e. The molecule has 2 aromatic carbocycles. The van der Waals surface area contributed by atoms with Crippen LogP contribution in [0.3, 0.4) is 0 Å². The molecule has 0 saturated carbocycles. The fourth-order valence-corrected chi connectivity index (χ4v) is 2.85. The van der Waals surface area contributed by atoms with Crippen molar-refractivity contribution >= 4 is 23.2 Å². The van der Waals surface area contributed by atoms with E-state index in [9.17, 15) is 5.11 Å². The average Bonchev–Trinajstić information content (AvgIpc) is 2.41. The van der Waals surface area contributed by atoms with E-state index in [-0.39, 0.29) is 0 Å². The molecule has 2 nitrogen and oxygen atoms in total. The van der Waals surface area contributed by atoms with E-state index in [1.807, 2.05) is 32.9 Å². The van der Waals surface area contributed by atoms with Gasteiger partial charge in [-0.2, -0.15) is 0 Å². The highest BCUT2D eigenvalue weighted by Crippen LogP contribution is 2.36. The van der Waals surface area contributed by atoms with Gasteiger partial charge in [0.25, 0.3) is 0 Å². The van der Waals surface area contributed by atoms with Crippen LogP contribution in [0.2, 0.25) is 10.0 Å². The van der Waals surface area contributed by atoms with Crippen LogP contribution in [0.1, 0.15) is 35.3 Å². The summed E-state index contributed by atoms with van der Waals surface area (Å²) in [5, 5.41) is 11.5. The van der Waals surface area contributed by atoms with Gasteiger partial charge in [0.2, 0.25) is 0 Å². The summed E-state index contributed by atoms with van der Waals surface area (Å²) in [4.78, 5) is 0. The molecule has 0 bridgehead atoms. The molecule has 0 amide bonds. The lowest BCUT2D eigenvalue weighted by Crippen LogP contribution is -2.03. The SMILES string of the molecule is CCOc1cc(Cl)c(C(O)c2cc(C)cc(C)c2)cc1Cl. The first-order valence-electron chi connectivity index (χ1n) is 6.80. The highest BCUT2D eigenvalue weighted by molar-refractivity contribution is 6.34. The maximum absolute atomic E-state index is 10.6. The Kier molecular flexibility index (Phi) is 5.15. The van der Waals surface area contributed by atoms with E-state index in [1.54, 1.807) is 12.1 Å². The van der Waals surface area contributed by atoms with Gasteiger partial charge in [-0.05, 0) is 32.4 Å². The Bertz CT molecular complexity index is 633. The van der Waals surface area contributed by atoms with E-state index in [0.29, 0.717) is 28.0 Å². The fourth-order valence-electron chi connectivity index (χ4n) is 2.37. The van der Waals surface area contributed by atoms with Gasteiger partial charge in [-0.15, -0.1) is 0 Å². The van der Waals surface area contributed by atoms with Gasteiger partial charge in [-0.1, -0.05) is 52.5 Å². The molecular weight excluding hydrogens is 307 g/mol. The topological polar surface area (TPSA) is 29.5 Å². The summed E-state index contributed by atoms with van der Waals surface area (Å²) in [6.07, 6.45) is -0.815. The van der Waals surface area contributed by atoms with E-state index in [1.165, 1.54) is 0 Å². The van der Waals surface area contributed by atoms with Crippen molar-refractivity contribution in [1.82, 2.24) is 0 Å². The summed E-state index contributed by atoms with van der Waals surface area (Å²) >= 11 is 12.4. The lowest BCUT2D eigenvalue weighted by Gasteiger charge is -2.16. The second-order valence-corrected chi connectivity index (χ2v) is 5.88. The summed E-state index contributed by atoms with van der Waals surface area (Å²) < 4.78 is 5.40. The van der Waals surface area contributed by atoms with E-state index >= 15 is 0 Å². The largest absolute Gasteiger partial charge is 0.492 e. The molecule has 2 aromatic rings. The normalized spacial score (nSPS) is 12.3. The number of rotatable bonds is 4. The van der Waals surface area contributed by atoms with Crippen LogP contribution in [0.25, 0.3) is 0 Å². The van der Waals surface area contributed by atoms with E-state index < -0.39 is 6.10 Å². The highest BCUT2D eigenvalue weighted by Gasteiger charge is 2.17. The summed E-state index contributed by atoms with van der Waals surface area (Å²) in [5.41, 5.74) is 3.57. The molecule has 0 heterocycles. The highest BCUT2D eigenvalue weighted by atomic mass is 35.5. The lowest BCUT2D eigenvalue weighted by molar-refractivity contribution is 0.220. The zero-order chi connectivity index (χ0) is 15.6. The Labute approximate surface area is 135 Å². The fraction of sp³-hybridized carbons (Fsp3) is 0.294. The molecule has 0 radical (unpaired) electrons. The van der Waals surface area contributed by atoms with Crippen molar-refractivity contribution in [2.45, 2.75) is 26.9 Å². The Balaban J connectivity index is 2.43. The van der Waals surface area contributed by atoms with Gasteiger partial charge in [-0.3, -0.25) is 0 Å². The Morgan fingerprint density at radius 3 is 2.19 bits per heavy atom. The van der Waals surface area contributed by atoms with Gasteiger partial charge in [0, 0.05) is 11.6 Å². The molecule has 0 aliphatic carbocycles. The van der Waals surface area contributed by atoms with Crippen LogP contribution >= 0.6 is 23.2 Å². The van der Waals surface area contributed by atoms with Crippen molar-refractivity contribution in [1.29, 1.82) is 0 Å². The summed E-state index contributed by atoms with van der Waals surface area (Å²) in [7, 11) is 0. The van der Waals surface area contributed by atoms with E-state index in [4.69, 9.17) is 27.9 Å². The minimum atomic E-state index is -0.815. The molecule has 1 atom stereocenters. The van der Waals surface area contributed by atoms with Gasteiger partial charge in [0.1, 0.15) is 11.9 Å². The standard InChI is InChI=1S/C17H18Cl2O2/c1-4-21-16-9-14(18)13(8-15(16)19)17(20)12-6-10(2)5-11(3)7-12/h5-9,17,20H,4H2,1-3H3. The first-order valence-corrected chi connectivity index (χ1v) is 7.56. The Morgan fingerprint density at radius 1 is 1.00 bits per heavy atom. The van der Waals surface area contributed by atoms with E-state index in [0.717, 1.165) is 16.7 Å². The minimum absolute atomic E-state index is 0.439. The molecular formula is C17H18Cl2O2. The third-order valence-corrected chi connectivity index (χ3v) is 3.83. The number of halogens is 2. The third-order valence-electron chi connectivity index (χ3n) is 3.21. The number of ether oxygens (including phenoxy) is 1. The maximum Gasteiger partial charge on any atom is 0.139 e. The van der Waals surface area contributed by atoms with E-state index in [2.05, 4.69) is 6.07 Å². The number of hydrogen-bond acceptors (Lipinski definition) is 2. The summed E-state index contributed by atoms with van der Waals surface area (Å²) in [6.45, 7) is 6.38. The number of aliphatic hydroxyl groups is 1. The zero-order valence-electron chi connectivity index (χ0n) is 12.3. The van der Waals surface area contributed by atoms with Gasteiger partial charge >= 0.3 is 0 Å². The molecule has 0 saturated heterocycles. The predicted molar refractivity (Wildman–Crippen MR) is 87.6 cm³/mol. The number of hydrogen-bond donors (Lipinski definition) is 1. The van der Waals surface area contributed by atoms with Crippen LogP contribution in [0.15, 0.2) is 30.3 Å². The second-order valence-electron chi connectivity index (χ2n) is 5.06. The molecule has 0 fully saturated rings. The first kappa shape index (κ1) is 16.2. The summed E-state index contributed by atoms with van der Waals surface area (Å²) in [5.74, 6) is 0.528. The van der Waals surface area contributed by atoms with Crippen molar-refractivity contribution in [3.63, 3.8) is 0 Å². The first-order chi connectivity index (χ1) is 9.92. The predicted octanol–water partition coefficient (Wildman–Crippen LogP) is 5.09. The van der Waals surface area contributed by atoms with Crippen LogP contribution < -0.4 is 4.74 Å². The van der Waals surface area contributed by atoms with Crippen molar-refractivity contribution in [3.8, 4) is 5.75 Å². The van der Waals surface area contributed by atoms with Crippen LogP contribution in [0, 0.1) is 13.8 Å². The number of aliphatic hydroxyl groups excluding tert-OH is 1. The molecule has 1 N–H and O–H groups in total. The third kappa shape index (κ3) is 3.70. The van der Waals surface area contributed by atoms with Crippen LogP contribution in [0.5, 0.6) is 5.75 Å². The van der Waals surface area contributed by atoms with Crippen molar-refractivity contribution in [2.75, 3.05) is 6.61 Å². The quantitative estimate of drug-likeness (QED) is 0.848. The molecule has 21 heavy (non-hydrogen) atoms. The van der Waals surface area contributed by atoms with Gasteiger partial charge < -0.3 is 9.84 Å². The molecule has 0 aliphatic heterocycles. The van der Waals surface area contributed by atoms with Crippen molar-refractivity contribution in [3.05, 3.63) is 62.6 Å². The van der Waals surface area contributed by atoms with Gasteiger partial charge in [0.05, 0.1) is 16.7 Å². The smallest absolute Gasteiger partial charge is 0.139 e. The van der Waals surface area contributed by atoms with Crippen molar-refractivity contribution in [2.24, 2.45) is 0 Å². The van der Waals surface area contributed by atoms with Crippen molar-refractivity contribution < 1.29 is 9.84 Å². The second kappa shape index (κ2) is 6.69. The average molecular weight is 325 g/mol. The lowest BCUT2D eigenvalue weighted by atomic mass is 9.98. The molecule has 0 spiro atoms. The number of benzene rings is 2. The van der Waals surface area contributed by atoms with Gasteiger partial charge in [0.15, 0.2) is 0 Å². The number of aryl methyl sites for hydroxylation is 2.